The molecule has 1 fully saturated rings. The smallest absolute Gasteiger partial charge is 0.225 e. The van der Waals surface area contributed by atoms with E-state index < -0.39 is 15.4 Å². The van der Waals surface area contributed by atoms with Crippen LogP contribution in [0.25, 0.3) is 0 Å². The van der Waals surface area contributed by atoms with Crippen LogP contribution in [0.3, 0.4) is 0 Å². The highest BCUT2D eigenvalue weighted by atomic mass is 32.2. The average molecular weight is 338 g/mol. The summed E-state index contributed by atoms with van der Waals surface area (Å²) in [6, 6.07) is 9.28. The first kappa shape index (κ1) is 17.9. The molecule has 0 bridgehead atoms. The lowest BCUT2D eigenvalue weighted by molar-refractivity contribution is -0.129. The zero-order valence-electron chi connectivity index (χ0n) is 14.1. The van der Waals surface area contributed by atoms with Crippen molar-refractivity contribution in [2.45, 2.75) is 45.4 Å². The first-order valence-corrected chi connectivity index (χ1v) is 9.62. The van der Waals surface area contributed by atoms with Gasteiger partial charge in [0.05, 0.1) is 5.75 Å². The summed E-state index contributed by atoms with van der Waals surface area (Å²) >= 11 is 0. The molecule has 1 aromatic carbocycles. The van der Waals surface area contributed by atoms with Gasteiger partial charge in [-0.15, -0.1) is 0 Å². The van der Waals surface area contributed by atoms with Crippen LogP contribution in [0.1, 0.15) is 39.2 Å². The molecular formula is C17H26N2O3S. The van der Waals surface area contributed by atoms with Crippen molar-refractivity contribution in [3.05, 3.63) is 35.9 Å². The fourth-order valence-corrected chi connectivity index (χ4v) is 4.12. The maximum absolute atomic E-state index is 12.5. The summed E-state index contributed by atoms with van der Waals surface area (Å²) < 4.78 is 26.5. The van der Waals surface area contributed by atoms with Crippen LogP contribution in [0.2, 0.25) is 0 Å². The van der Waals surface area contributed by atoms with Gasteiger partial charge in [0, 0.05) is 24.5 Å². The number of hydrogen-bond donors (Lipinski definition) is 1. The Morgan fingerprint density at radius 1 is 1.17 bits per heavy atom. The van der Waals surface area contributed by atoms with Crippen molar-refractivity contribution < 1.29 is 13.2 Å². The molecule has 1 amide bonds. The van der Waals surface area contributed by atoms with E-state index in [1.165, 1.54) is 0 Å². The second kappa shape index (κ2) is 7.01. The van der Waals surface area contributed by atoms with Crippen LogP contribution in [-0.4, -0.2) is 37.8 Å². The monoisotopic (exact) mass is 338 g/mol. The topological polar surface area (TPSA) is 66.5 Å². The molecule has 23 heavy (non-hydrogen) atoms. The van der Waals surface area contributed by atoms with Gasteiger partial charge in [0.15, 0.2) is 0 Å². The summed E-state index contributed by atoms with van der Waals surface area (Å²) in [7, 11) is -3.30. The van der Waals surface area contributed by atoms with Gasteiger partial charge < -0.3 is 5.32 Å². The second-order valence-corrected chi connectivity index (χ2v) is 9.11. The lowest BCUT2D eigenvalue weighted by Gasteiger charge is -2.33. The zero-order valence-corrected chi connectivity index (χ0v) is 14.9. The lowest BCUT2D eigenvalue weighted by Crippen LogP contribution is -2.49. The molecule has 1 aliphatic rings. The van der Waals surface area contributed by atoms with E-state index in [0.29, 0.717) is 25.9 Å². The molecular weight excluding hydrogens is 312 g/mol. The van der Waals surface area contributed by atoms with Gasteiger partial charge >= 0.3 is 0 Å². The van der Waals surface area contributed by atoms with Crippen LogP contribution in [0.4, 0.5) is 0 Å². The molecule has 1 saturated heterocycles. The number of nitrogens with one attached hydrogen (secondary N) is 1. The Kier molecular flexibility index (Phi) is 5.47. The van der Waals surface area contributed by atoms with Gasteiger partial charge in [0.1, 0.15) is 0 Å². The highest BCUT2D eigenvalue weighted by Crippen LogP contribution is 2.19. The molecule has 0 spiro atoms. The Bertz CT molecular complexity index is 628. The summed E-state index contributed by atoms with van der Waals surface area (Å²) in [6.07, 6.45) is 1.33. The molecule has 5 nitrogen and oxygen atoms in total. The number of carbonyl (C=O) groups excluding carboxylic acids is 1. The van der Waals surface area contributed by atoms with Crippen molar-refractivity contribution in [2.75, 3.05) is 13.1 Å². The van der Waals surface area contributed by atoms with E-state index in [0.717, 1.165) is 5.56 Å². The van der Waals surface area contributed by atoms with Crippen LogP contribution in [0.15, 0.2) is 30.3 Å². The van der Waals surface area contributed by atoms with E-state index in [9.17, 15) is 13.2 Å². The number of rotatable bonds is 4. The summed E-state index contributed by atoms with van der Waals surface area (Å²) in [5, 5.41) is 3.02. The van der Waals surface area contributed by atoms with Gasteiger partial charge in [-0.1, -0.05) is 51.1 Å². The Balaban J connectivity index is 1.90. The first-order valence-electron chi connectivity index (χ1n) is 8.01. The molecule has 0 saturated carbocycles. The van der Waals surface area contributed by atoms with E-state index in [1.54, 1.807) is 4.31 Å². The largest absolute Gasteiger partial charge is 0.353 e. The Labute approximate surface area is 139 Å². The minimum atomic E-state index is -3.30. The standard InChI is InChI=1S/C17H26N2O3S/c1-17(2,3)16(20)18-15-9-11-19(12-10-15)23(21,22)13-14-7-5-4-6-8-14/h4-8,15H,9-13H2,1-3H3,(H,18,20). The number of amides is 1. The van der Waals surface area contributed by atoms with Gasteiger partial charge in [0.2, 0.25) is 15.9 Å². The molecule has 0 unspecified atom stereocenters. The van der Waals surface area contributed by atoms with Crippen LogP contribution >= 0.6 is 0 Å². The number of sulfonamides is 1. The third kappa shape index (κ3) is 5.04. The first-order chi connectivity index (χ1) is 10.7. The fourth-order valence-electron chi connectivity index (χ4n) is 2.56. The molecule has 6 heteroatoms. The summed E-state index contributed by atoms with van der Waals surface area (Å²) in [6.45, 7) is 6.56. The summed E-state index contributed by atoms with van der Waals surface area (Å²) in [5.74, 6) is 0.0513. The molecule has 2 rings (SSSR count). The number of nitrogens with zero attached hydrogens (tertiary/aromatic N) is 1. The van der Waals surface area contributed by atoms with Gasteiger partial charge in [-0.05, 0) is 18.4 Å². The molecule has 0 aliphatic carbocycles. The highest BCUT2D eigenvalue weighted by Gasteiger charge is 2.30. The van der Waals surface area contributed by atoms with E-state index >= 15 is 0 Å². The molecule has 1 N–H and O–H groups in total. The lowest BCUT2D eigenvalue weighted by atomic mass is 9.94. The van der Waals surface area contributed by atoms with Gasteiger partial charge in [-0.2, -0.15) is 0 Å². The number of piperidine rings is 1. The molecule has 1 aliphatic heterocycles. The summed E-state index contributed by atoms with van der Waals surface area (Å²) in [5.41, 5.74) is 0.381. The van der Waals surface area contributed by atoms with E-state index in [-0.39, 0.29) is 17.7 Å². The predicted octanol–water partition coefficient (Wildman–Crippen LogP) is 2.14. The van der Waals surface area contributed by atoms with Crippen molar-refractivity contribution in [3.8, 4) is 0 Å². The molecule has 128 valence electrons. The third-order valence-electron chi connectivity index (χ3n) is 4.06. The maximum atomic E-state index is 12.5. The Morgan fingerprint density at radius 3 is 2.26 bits per heavy atom. The van der Waals surface area contributed by atoms with Gasteiger partial charge in [0.25, 0.3) is 0 Å². The highest BCUT2D eigenvalue weighted by molar-refractivity contribution is 7.88. The Hall–Kier alpha value is -1.40. The van der Waals surface area contributed by atoms with Crippen molar-refractivity contribution in [2.24, 2.45) is 5.41 Å². The fraction of sp³-hybridized carbons (Fsp3) is 0.588. The maximum Gasteiger partial charge on any atom is 0.225 e. The quantitative estimate of drug-likeness (QED) is 0.915. The van der Waals surface area contributed by atoms with Crippen molar-refractivity contribution in [1.29, 1.82) is 0 Å². The van der Waals surface area contributed by atoms with Gasteiger partial charge in [-0.3, -0.25) is 4.79 Å². The van der Waals surface area contributed by atoms with E-state index in [4.69, 9.17) is 0 Å². The predicted molar refractivity (Wildman–Crippen MR) is 91.3 cm³/mol. The number of benzene rings is 1. The number of carbonyl (C=O) groups is 1. The SMILES string of the molecule is CC(C)(C)C(=O)NC1CCN(S(=O)(=O)Cc2ccccc2)CC1. The molecule has 1 aromatic rings. The van der Waals surface area contributed by atoms with Crippen LogP contribution < -0.4 is 5.32 Å². The van der Waals surface area contributed by atoms with E-state index in [1.807, 2.05) is 51.1 Å². The van der Waals surface area contributed by atoms with Crippen LogP contribution in [-0.2, 0) is 20.6 Å². The third-order valence-corrected chi connectivity index (χ3v) is 5.91. The van der Waals surface area contributed by atoms with Gasteiger partial charge in [-0.25, -0.2) is 12.7 Å². The minimum Gasteiger partial charge on any atom is -0.353 e. The molecule has 1 heterocycles. The van der Waals surface area contributed by atoms with Crippen LogP contribution in [0, 0.1) is 5.41 Å². The van der Waals surface area contributed by atoms with Crippen molar-refractivity contribution >= 4 is 15.9 Å². The summed E-state index contributed by atoms with van der Waals surface area (Å²) in [4.78, 5) is 12.0. The minimum absolute atomic E-state index is 0.0168. The molecule has 0 radical (unpaired) electrons. The normalized spacial score (nSPS) is 17.9. The average Bonchev–Trinajstić information content (AvgIpc) is 2.47. The van der Waals surface area contributed by atoms with E-state index in [2.05, 4.69) is 5.32 Å². The van der Waals surface area contributed by atoms with Crippen molar-refractivity contribution in [1.82, 2.24) is 9.62 Å². The molecule has 0 atom stereocenters. The van der Waals surface area contributed by atoms with Crippen molar-refractivity contribution in [3.63, 3.8) is 0 Å². The second-order valence-electron chi connectivity index (χ2n) is 7.14. The Morgan fingerprint density at radius 2 is 1.74 bits per heavy atom. The number of hydrogen-bond acceptors (Lipinski definition) is 3. The zero-order chi connectivity index (χ0) is 17.1. The molecule has 0 aromatic heterocycles. The van der Waals surface area contributed by atoms with Crippen LogP contribution in [0.5, 0.6) is 0 Å².